The van der Waals surface area contributed by atoms with Crippen LogP contribution < -0.4 is 4.90 Å². The van der Waals surface area contributed by atoms with E-state index in [1.54, 1.807) is 6.20 Å². The van der Waals surface area contributed by atoms with E-state index in [1.165, 1.54) is 12.5 Å². The fraction of sp³-hybridized carbons (Fsp3) is 0.467. The molecule has 118 valence electrons. The van der Waals surface area contributed by atoms with Crippen molar-refractivity contribution in [2.45, 2.75) is 30.6 Å². The van der Waals surface area contributed by atoms with Crippen molar-refractivity contribution in [3.63, 3.8) is 0 Å². The maximum Gasteiger partial charge on any atom is 0.178 e. The lowest BCUT2D eigenvalue weighted by Crippen LogP contribution is -2.35. The van der Waals surface area contributed by atoms with Crippen molar-refractivity contribution in [2.24, 2.45) is 0 Å². The third kappa shape index (κ3) is 2.85. The third-order valence-corrected chi connectivity index (χ3v) is 5.27. The number of H-pyrrole nitrogens is 1. The number of aryl methyl sites for hydroxylation is 1. The van der Waals surface area contributed by atoms with Gasteiger partial charge < -0.3 is 4.90 Å². The molecule has 0 spiro atoms. The predicted molar refractivity (Wildman–Crippen MR) is 84.9 cm³/mol. The molecule has 2 aromatic rings. The molecule has 2 aromatic heterocycles. The van der Waals surface area contributed by atoms with Gasteiger partial charge in [0.25, 0.3) is 0 Å². The highest BCUT2D eigenvalue weighted by Crippen LogP contribution is 2.32. The molecule has 1 fully saturated rings. The molecule has 0 saturated carbocycles. The lowest BCUT2D eigenvalue weighted by Gasteiger charge is -2.34. The minimum Gasteiger partial charge on any atom is -0.356 e. The van der Waals surface area contributed by atoms with E-state index in [1.807, 2.05) is 19.1 Å². The summed E-state index contributed by atoms with van der Waals surface area (Å²) in [5.74, 6) is 1.11. The molecule has 6 nitrogen and oxygen atoms in total. The van der Waals surface area contributed by atoms with Crippen LogP contribution in [-0.2, 0) is 9.84 Å². The van der Waals surface area contributed by atoms with Crippen molar-refractivity contribution in [1.82, 2.24) is 15.2 Å². The van der Waals surface area contributed by atoms with Gasteiger partial charge >= 0.3 is 0 Å². The number of anilines is 1. The van der Waals surface area contributed by atoms with Crippen molar-refractivity contribution in [1.29, 1.82) is 0 Å². The Labute approximate surface area is 130 Å². The van der Waals surface area contributed by atoms with Gasteiger partial charge in [0, 0.05) is 31.5 Å². The van der Waals surface area contributed by atoms with Gasteiger partial charge in [-0.3, -0.25) is 5.10 Å². The smallest absolute Gasteiger partial charge is 0.178 e. The van der Waals surface area contributed by atoms with Crippen molar-refractivity contribution < 1.29 is 8.42 Å². The fourth-order valence-corrected chi connectivity index (χ4v) is 3.94. The van der Waals surface area contributed by atoms with Gasteiger partial charge in [-0.1, -0.05) is 6.07 Å². The summed E-state index contributed by atoms with van der Waals surface area (Å²) in [5.41, 5.74) is 1.86. The first kappa shape index (κ1) is 15.0. The third-order valence-electron chi connectivity index (χ3n) is 4.14. The average molecular weight is 320 g/mol. The Balaban J connectivity index is 1.89. The quantitative estimate of drug-likeness (QED) is 0.934. The highest BCUT2D eigenvalue weighted by Gasteiger charge is 2.28. The van der Waals surface area contributed by atoms with Gasteiger partial charge in [0.2, 0.25) is 0 Å². The lowest BCUT2D eigenvalue weighted by atomic mass is 9.94. The number of piperidine rings is 1. The summed E-state index contributed by atoms with van der Waals surface area (Å²) >= 11 is 0. The number of aromatic nitrogens is 3. The molecule has 0 unspecified atom stereocenters. The minimum atomic E-state index is -3.26. The predicted octanol–water partition coefficient (Wildman–Crippen LogP) is 1.90. The second kappa shape index (κ2) is 5.72. The Hall–Kier alpha value is -1.89. The number of nitrogens with one attached hydrogen (secondary N) is 1. The van der Waals surface area contributed by atoms with Crippen LogP contribution in [0.25, 0.3) is 0 Å². The summed E-state index contributed by atoms with van der Waals surface area (Å²) in [6, 6.07) is 3.97. The zero-order valence-electron chi connectivity index (χ0n) is 12.8. The molecular formula is C15H20N4O2S. The van der Waals surface area contributed by atoms with Gasteiger partial charge in [-0.25, -0.2) is 13.4 Å². The number of nitrogens with zero attached hydrogens (tertiary/aromatic N) is 3. The van der Waals surface area contributed by atoms with Gasteiger partial charge in [-0.05, 0) is 31.4 Å². The number of rotatable bonds is 3. The topological polar surface area (TPSA) is 79.0 Å². The number of hydrogen-bond acceptors (Lipinski definition) is 5. The standard InChI is InChI=1S/C15H20N4O2S/c1-11-5-3-7-16-15(11)19-8-4-6-12(10-19)14-13(9-17-18-14)22(2,20)21/h3,5,7,9,12H,4,6,8,10H2,1-2H3,(H,17,18)/t12-/m1/s1. The summed E-state index contributed by atoms with van der Waals surface area (Å²) in [6.07, 6.45) is 6.39. The molecule has 1 N–H and O–H groups in total. The summed E-state index contributed by atoms with van der Waals surface area (Å²) < 4.78 is 23.8. The lowest BCUT2D eigenvalue weighted by molar-refractivity contribution is 0.491. The molecule has 1 atom stereocenters. The van der Waals surface area contributed by atoms with Crippen LogP contribution in [0.4, 0.5) is 5.82 Å². The van der Waals surface area contributed by atoms with Crippen LogP contribution in [0.1, 0.15) is 30.0 Å². The zero-order chi connectivity index (χ0) is 15.7. The summed E-state index contributed by atoms with van der Waals surface area (Å²) in [6.45, 7) is 3.74. The van der Waals surface area contributed by atoms with Crippen LogP contribution in [-0.4, -0.2) is 42.9 Å². The van der Waals surface area contributed by atoms with E-state index in [2.05, 4.69) is 20.1 Å². The molecule has 0 bridgehead atoms. The maximum atomic E-state index is 11.9. The second-order valence-electron chi connectivity index (χ2n) is 5.85. The molecule has 3 heterocycles. The van der Waals surface area contributed by atoms with Crippen LogP contribution in [0, 0.1) is 6.92 Å². The van der Waals surface area contributed by atoms with Crippen LogP contribution in [0.2, 0.25) is 0 Å². The van der Waals surface area contributed by atoms with E-state index in [0.29, 0.717) is 4.90 Å². The van der Waals surface area contributed by atoms with E-state index in [4.69, 9.17) is 0 Å². The van der Waals surface area contributed by atoms with Crippen molar-refractivity contribution >= 4 is 15.7 Å². The first-order valence-electron chi connectivity index (χ1n) is 7.36. The Bertz CT molecular complexity index is 769. The van der Waals surface area contributed by atoms with E-state index in [9.17, 15) is 8.42 Å². The SMILES string of the molecule is Cc1cccnc1N1CCC[C@@H](c2[nH]ncc2S(C)(=O)=O)C1. The average Bonchev–Trinajstić information content (AvgIpc) is 2.97. The Kier molecular flexibility index (Phi) is 3.90. The number of sulfone groups is 1. The first-order valence-corrected chi connectivity index (χ1v) is 9.26. The Morgan fingerprint density at radius 3 is 2.95 bits per heavy atom. The van der Waals surface area contributed by atoms with E-state index < -0.39 is 9.84 Å². The monoisotopic (exact) mass is 320 g/mol. The molecular weight excluding hydrogens is 300 g/mol. The molecule has 7 heteroatoms. The van der Waals surface area contributed by atoms with Crippen molar-refractivity contribution in [3.8, 4) is 0 Å². The molecule has 1 aliphatic heterocycles. The van der Waals surface area contributed by atoms with E-state index >= 15 is 0 Å². The zero-order valence-corrected chi connectivity index (χ0v) is 13.6. The van der Waals surface area contributed by atoms with Crippen molar-refractivity contribution in [2.75, 3.05) is 24.2 Å². The largest absolute Gasteiger partial charge is 0.356 e. The maximum absolute atomic E-state index is 11.9. The van der Waals surface area contributed by atoms with Gasteiger partial charge in [0.05, 0.1) is 11.9 Å². The van der Waals surface area contributed by atoms with Gasteiger partial charge in [0.15, 0.2) is 9.84 Å². The van der Waals surface area contributed by atoms with E-state index in [0.717, 1.165) is 43.0 Å². The minimum absolute atomic E-state index is 0.127. The Morgan fingerprint density at radius 1 is 1.41 bits per heavy atom. The number of hydrogen-bond donors (Lipinski definition) is 1. The van der Waals surface area contributed by atoms with Gasteiger partial charge in [0.1, 0.15) is 10.7 Å². The summed E-state index contributed by atoms with van der Waals surface area (Å²) in [4.78, 5) is 7.02. The molecule has 0 amide bonds. The molecule has 3 rings (SSSR count). The van der Waals surface area contributed by atoms with Crippen LogP contribution in [0.15, 0.2) is 29.4 Å². The van der Waals surface area contributed by atoms with Crippen LogP contribution in [0.5, 0.6) is 0 Å². The first-order chi connectivity index (χ1) is 10.5. The van der Waals surface area contributed by atoms with E-state index in [-0.39, 0.29) is 5.92 Å². The number of pyridine rings is 1. The Morgan fingerprint density at radius 2 is 2.23 bits per heavy atom. The van der Waals surface area contributed by atoms with Gasteiger partial charge in [-0.2, -0.15) is 5.10 Å². The van der Waals surface area contributed by atoms with Crippen LogP contribution in [0.3, 0.4) is 0 Å². The normalized spacial score (nSPS) is 19.4. The fourth-order valence-electron chi connectivity index (χ4n) is 3.09. The molecule has 0 aliphatic carbocycles. The molecule has 1 aliphatic rings. The van der Waals surface area contributed by atoms with Crippen molar-refractivity contribution in [3.05, 3.63) is 35.8 Å². The van der Waals surface area contributed by atoms with Crippen LogP contribution >= 0.6 is 0 Å². The second-order valence-corrected chi connectivity index (χ2v) is 7.83. The molecule has 0 radical (unpaired) electrons. The highest BCUT2D eigenvalue weighted by molar-refractivity contribution is 7.90. The summed E-state index contributed by atoms with van der Waals surface area (Å²) in [5, 5.41) is 6.83. The van der Waals surface area contributed by atoms with Gasteiger partial charge in [-0.15, -0.1) is 0 Å². The highest BCUT2D eigenvalue weighted by atomic mass is 32.2. The summed E-state index contributed by atoms with van der Waals surface area (Å²) in [7, 11) is -3.26. The molecule has 0 aromatic carbocycles. The molecule has 1 saturated heterocycles. The number of aromatic amines is 1. The molecule has 22 heavy (non-hydrogen) atoms.